The fourth-order valence-corrected chi connectivity index (χ4v) is 13.1. The number of fused-ring (bicyclic) bond motifs is 9. The number of rotatable bonds is 9. The molecule has 0 saturated heterocycles. The predicted molar refractivity (Wildman–Crippen MR) is 338 cm³/mol. The van der Waals surface area contributed by atoms with E-state index in [-0.39, 0.29) is 0 Å². The van der Waals surface area contributed by atoms with E-state index in [1.54, 1.807) is 11.3 Å². The molecule has 6 heteroatoms. The number of furan rings is 1. The van der Waals surface area contributed by atoms with Gasteiger partial charge in [0.05, 0.1) is 16.7 Å². The molecule has 12 aromatic carbocycles. The first-order valence-electron chi connectivity index (χ1n) is 27.3. The third kappa shape index (κ3) is 8.03. The van der Waals surface area contributed by atoms with Gasteiger partial charge < -0.3 is 8.98 Å². The molecule has 0 spiro atoms. The summed E-state index contributed by atoms with van der Waals surface area (Å²) >= 11 is 1.80. The lowest BCUT2D eigenvalue weighted by molar-refractivity contribution is 0.670. The van der Waals surface area contributed by atoms with Crippen LogP contribution >= 0.6 is 11.3 Å². The molecule has 0 atom stereocenters. The van der Waals surface area contributed by atoms with Crippen LogP contribution in [-0.2, 0) is 0 Å². The Balaban J connectivity index is 0.818. The third-order valence-electron chi connectivity index (χ3n) is 15.9. The van der Waals surface area contributed by atoms with Gasteiger partial charge in [-0.25, -0.2) is 15.0 Å². The summed E-state index contributed by atoms with van der Waals surface area (Å²) in [5, 5.41) is 6.91. The summed E-state index contributed by atoms with van der Waals surface area (Å²) in [4.78, 5) is 15.9. The Kier molecular flexibility index (Phi) is 11.0. The Labute approximate surface area is 471 Å². The van der Waals surface area contributed by atoms with E-state index in [1.165, 1.54) is 31.3 Å². The Morgan fingerprint density at radius 3 is 1.57 bits per heavy atom. The molecule has 0 amide bonds. The molecular weight excluding hydrogens is 1000 g/mol. The molecule has 0 aliphatic carbocycles. The van der Waals surface area contributed by atoms with Gasteiger partial charge in [-0.15, -0.1) is 11.3 Å². The van der Waals surface area contributed by atoms with E-state index in [4.69, 9.17) is 19.4 Å². The van der Waals surface area contributed by atoms with E-state index in [0.29, 0.717) is 17.5 Å². The molecule has 0 unspecified atom stereocenters. The van der Waals surface area contributed by atoms with Crippen LogP contribution in [0.1, 0.15) is 0 Å². The lowest BCUT2D eigenvalue weighted by atomic mass is 9.93. The third-order valence-corrected chi connectivity index (χ3v) is 17.0. The predicted octanol–water partition coefficient (Wildman–Crippen LogP) is 20.6. The maximum absolute atomic E-state index is 6.61. The number of nitrogens with zero attached hydrogens (tertiary/aromatic N) is 4. The summed E-state index contributed by atoms with van der Waals surface area (Å²) in [6.07, 6.45) is 0. The second kappa shape index (κ2) is 19.1. The molecule has 5 nitrogen and oxygen atoms in total. The van der Waals surface area contributed by atoms with Gasteiger partial charge in [0.1, 0.15) is 11.2 Å². The zero-order valence-corrected chi connectivity index (χ0v) is 44.5. The van der Waals surface area contributed by atoms with Crippen molar-refractivity contribution in [1.82, 2.24) is 19.5 Å². The minimum atomic E-state index is 0.613. The topological polar surface area (TPSA) is 56.7 Å². The second-order valence-electron chi connectivity index (χ2n) is 20.7. The van der Waals surface area contributed by atoms with Crippen molar-refractivity contribution in [3.8, 4) is 95.5 Å². The minimum absolute atomic E-state index is 0.613. The van der Waals surface area contributed by atoms with Crippen LogP contribution in [0.15, 0.2) is 283 Å². The first-order chi connectivity index (χ1) is 40.1. The molecule has 0 radical (unpaired) electrons. The molecule has 0 aliphatic heterocycles. The van der Waals surface area contributed by atoms with Crippen molar-refractivity contribution in [1.29, 1.82) is 0 Å². The molecule has 378 valence electrons. The van der Waals surface area contributed by atoms with Crippen LogP contribution in [0.3, 0.4) is 0 Å². The Hall–Kier alpha value is -10.5. The van der Waals surface area contributed by atoms with Gasteiger partial charge in [-0.2, -0.15) is 0 Å². The van der Waals surface area contributed by atoms with E-state index in [2.05, 4.69) is 259 Å². The number of aromatic nitrogens is 4. The average molecular weight is 1050 g/mol. The average Bonchev–Trinajstić information content (AvgIpc) is 4.45. The molecule has 81 heavy (non-hydrogen) atoms. The van der Waals surface area contributed by atoms with Crippen LogP contribution in [0.4, 0.5) is 0 Å². The SMILES string of the molecule is c1ccc(-c2cc(-c3ccccc3)cc(-c3cccc(-c4nc(-c5ccccc5)nc(-c5cccc6sc7ccc(-c8ccc9c(c8)c8ccccc8n9-c8ccccc8-c8cccc9c8oc8ccccc89)cc7c56)n4)c3)c2)cc1. The van der Waals surface area contributed by atoms with Crippen molar-refractivity contribution >= 4 is 75.3 Å². The van der Waals surface area contributed by atoms with E-state index in [9.17, 15) is 0 Å². The van der Waals surface area contributed by atoms with Crippen LogP contribution in [0, 0.1) is 0 Å². The normalized spacial score (nSPS) is 11.7. The van der Waals surface area contributed by atoms with Crippen LogP contribution in [0.2, 0.25) is 0 Å². The smallest absolute Gasteiger partial charge is 0.164 e. The highest BCUT2D eigenvalue weighted by molar-refractivity contribution is 7.26. The van der Waals surface area contributed by atoms with Gasteiger partial charge in [-0.05, 0) is 117 Å². The number of thiophene rings is 1. The van der Waals surface area contributed by atoms with Crippen LogP contribution in [0.5, 0.6) is 0 Å². The van der Waals surface area contributed by atoms with Crippen molar-refractivity contribution in [3.63, 3.8) is 0 Å². The van der Waals surface area contributed by atoms with Gasteiger partial charge >= 0.3 is 0 Å². The minimum Gasteiger partial charge on any atom is -0.455 e. The largest absolute Gasteiger partial charge is 0.455 e. The maximum Gasteiger partial charge on any atom is 0.164 e. The lowest BCUT2D eigenvalue weighted by Crippen LogP contribution is -2.00. The zero-order chi connectivity index (χ0) is 53.4. The van der Waals surface area contributed by atoms with Gasteiger partial charge in [-0.3, -0.25) is 0 Å². The molecule has 0 N–H and O–H groups in total. The summed E-state index contributed by atoms with van der Waals surface area (Å²) in [5.41, 5.74) is 19.3. The fraction of sp³-hybridized carbons (Fsp3) is 0. The summed E-state index contributed by atoms with van der Waals surface area (Å²) in [6.45, 7) is 0. The highest BCUT2D eigenvalue weighted by Gasteiger charge is 2.22. The first kappa shape index (κ1) is 46.6. The standard InChI is InChI=1S/C75H46N4OS/c1-4-19-47(20-5-1)54-42-55(48-21-6-2-7-22-48)44-56(43-54)50-25-16-26-53(41-50)74-76-73(49-23-8-3-9-24-49)77-75(78-74)62-32-18-36-70-71(62)64-46-52(38-40-69(64)81-70)51-37-39-67-63(45-51)58-28-11-14-34-66(58)79(67)65-33-13-10-27-57(65)60-30-17-31-61-59-29-12-15-35-68(59)80-72(60)61/h1-46H. The van der Waals surface area contributed by atoms with Crippen molar-refractivity contribution in [2.24, 2.45) is 0 Å². The lowest BCUT2D eigenvalue weighted by Gasteiger charge is -2.14. The zero-order valence-electron chi connectivity index (χ0n) is 43.7. The quantitative estimate of drug-likeness (QED) is 0.145. The van der Waals surface area contributed by atoms with E-state index >= 15 is 0 Å². The molecule has 0 saturated carbocycles. The fourth-order valence-electron chi connectivity index (χ4n) is 12.0. The highest BCUT2D eigenvalue weighted by Crippen LogP contribution is 2.45. The molecule has 4 aromatic heterocycles. The first-order valence-corrected chi connectivity index (χ1v) is 28.1. The van der Waals surface area contributed by atoms with Gasteiger partial charge in [0.15, 0.2) is 17.5 Å². The van der Waals surface area contributed by atoms with Gasteiger partial charge in [0, 0.05) is 69.5 Å². The summed E-state index contributed by atoms with van der Waals surface area (Å²) in [5.74, 6) is 1.86. The van der Waals surface area contributed by atoms with Gasteiger partial charge in [-0.1, -0.05) is 206 Å². The summed E-state index contributed by atoms with van der Waals surface area (Å²) in [6, 6.07) is 99.5. The number of hydrogen-bond acceptors (Lipinski definition) is 5. The van der Waals surface area contributed by atoms with Crippen LogP contribution < -0.4 is 0 Å². The number of benzene rings is 12. The van der Waals surface area contributed by atoms with Gasteiger partial charge in [0.2, 0.25) is 0 Å². The van der Waals surface area contributed by atoms with Crippen molar-refractivity contribution in [3.05, 3.63) is 279 Å². The molecule has 0 aliphatic rings. The van der Waals surface area contributed by atoms with E-state index in [0.717, 1.165) is 111 Å². The Morgan fingerprint density at radius 1 is 0.284 bits per heavy atom. The summed E-state index contributed by atoms with van der Waals surface area (Å²) < 4.78 is 11.4. The second-order valence-corrected chi connectivity index (χ2v) is 21.7. The monoisotopic (exact) mass is 1050 g/mol. The van der Waals surface area contributed by atoms with Crippen LogP contribution in [-0.4, -0.2) is 19.5 Å². The van der Waals surface area contributed by atoms with Crippen molar-refractivity contribution in [2.45, 2.75) is 0 Å². The van der Waals surface area contributed by atoms with Gasteiger partial charge in [0.25, 0.3) is 0 Å². The summed E-state index contributed by atoms with van der Waals surface area (Å²) in [7, 11) is 0. The highest BCUT2D eigenvalue weighted by atomic mass is 32.1. The molecule has 4 heterocycles. The molecule has 0 bridgehead atoms. The number of hydrogen-bond donors (Lipinski definition) is 0. The van der Waals surface area contributed by atoms with E-state index in [1.807, 2.05) is 24.3 Å². The van der Waals surface area contributed by atoms with E-state index < -0.39 is 0 Å². The maximum atomic E-state index is 6.61. The molecule has 0 fully saturated rings. The molecular formula is C75H46N4OS. The van der Waals surface area contributed by atoms with Crippen LogP contribution in [0.25, 0.3) is 159 Å². The molecule has 16 rings (SSSR count). The Morgan fingerprint density at radius 2 is 0.790 bits per heavy atom. The molecule has 16 aromatic rings. The van der Waals surface area contributed by atoms with Crippen molar-refractivity contribution in [2.75, 3.05) is 0 Å². The number of para-hydroxylation sites is 4. The Bertz CT molecular complexity index is 5060. The van der Waals surface area contributed by atoms with Crippen molar-refractivity contribution < 1.29 is 4.42 Å².